The van der Waals surface area contributed by atoms with E-state index in [1.54, 1.807) is 0 Å². The van der Waals surface area contributed by atoms with E-state index in [4.69, 9.17) is 0 Å². The van der Waals surface area contributed by atoms with E-state index in [2.05, 4.69) is 27.8 Å². The summed E-state index contributed by atoms with van der Waals surface area (Å²) in [4.78, 5) is 11.9. The van der Waals surface area contributed by atoms with Gasteiger partial charge in [-0.2, -0.15) is 0 Å². The van der Waals surface area contributed by atoms with Crippen LogP contribution in [0.5, 0.6) is 0 Å². The SMILES string of the molecule is CCCCCc1nnc(NC(=O)C2CC(O)CN2)s1.Cl. The van der Waals surface area contributed by atoms with Crippen molar-refractivity contribution in [3.05, 3.63) is 5.01 Å². The Morgan fingerprint density at radius 1 is 1.50 bits per heavy atom. The first-order valence-corrected chi connectivity index (χ1v) is 7.55. The summed E-state index contributed by atoms with van der Waals surface area (Å²) in [6, 6.07) is -0.331. The molecule has 0 aliphatic carbocycles. The number of anilines is 1. The number of unbranched alkanes of at least 4 members (excludes halogenated alkanes) is 2. The Kier molecular flexibility index (Phi) is 7.36. The molecule has 2 unspecified atom stereocenters. The zero-order valence-corrected chi connectivity index (χ0v) is 13.1. The summed E-state index contributed by atoms with van der Waals surface area (Å²) in [6.07, 6.45) is 4.41. The predicted molar refractivity (Wildman–Crippen MR) is 81.4 cm³/mol. The fraction of sp³-hybridized carbons (Fsp3) is 0.750. The summed E-state index contributed by atoms with van der Waals surface area (Å²) in [7, 11) is 0. The van der Waals surface area contributed by atoms with Gasteiger partial charge in [-0.1, -0.05) is 31.1 Å². The normalized spacial score (nSPS) is 21.5. The van der Waals surface area contributed by atoms with Crippen LogP contribution in [-0.2, 0) is 11.2 Å². The molecule has 20 heavy (non-hydrogen) atoms. The lowest BCUT2D eigenvalue weighted by atomic mass is 10.2. The molecule has 0 saturated carbocycles. The van der Waals surface area contributed by atoms with Crippen LogP contribution in [0.4, 0.5) is 5.13 Å². The molecule has 1 fully saturated rings. The van der Waals surface area contributed by atoms with Crippen LogP contribution in [-0.4, -0.2) is 39.9 Å². The first-order valence-electron chi connectivity index (χ1n) is 6.73. The minimum atomic E-state index is -0.435. The highest BCUT2D eigenvalue weighted by Crippen LogP contribution is 2.18. The first kappa shape index (κ1) is 17.3. The Morgan fingerprint density at radius 2 is 2.30 bits per heavy atom. The minimum absolute atomic E-state index is 0. The number of hydrogen-bond acceptors (Lipinski definition) is 6. The first-order chi connectivity index (χ1) is 9.19. The highest BCUT2D eigenvalue weighted by molar-refractivity contribution is 7.15. The molecule has 0 radical (unpaired) electrons. The van der Waals surface area contributed by atoms with Gasteiger partial charge in [0.1, 0.15) is 5.01 Å². The van der Waals surface area contributed by atoms with Gasteiger partial charge in [-0.05, 0) is 12.8 Å². The number of aliphatic hydroxyl groups is 1. The van der Waals surface area contributed by atoms with Crippen molar-refractivity contribution in [3.63, 3.8) is 0 Å². The Bertz CT molecular complexity index is 429. The number of hydrogen-bond donors (Lipinski definition) is 3. The van der Waals surface area contributed by atoms with Gasteiger partial charge in [-0.25, -0.2) is 0 Å². The van der Waals surface area contributed by atoms with Crippen LogP contribution in [0.3, 0.4) is 0 Å². The van der Waals surface area contributed by atoms with Crippen molar-refractivity contribution in [2.45, 2.75) is 51.2 Å². The van der Waals surface area contributed by atoms with Crippen molar-refractivity contribution in [3.8, 4) is 0 Å². The van der Waals surface area contributed by atoms with Crippen LogP contribution in [0, 0.1) is 0 Å². The lowest BCUT2D eigenvalue weighted by molar-refractivity contribution is -0.117. The zero-order valence-electron chi connectivity index (χ0n) is 11.5. The third-order valence-electron chi connectivity index (χ3n) is 3.12. The van der Waals surface area contributed by atoms with Gasteiger partial charge in [0.05, 0.1) is 12.1 Å². The average molecular weight is 321 g/mol. The standard InChI is InChI=1S/C12H20N4O2S.ClH/c1-2-3-4-5-10-15-16-12(19-10)14-11(18)9-6-8(17)7-13-9;/h8-9,13,17H,2-7H2,1H3,(H,14,16,18);1H. The van der Waals surface area contributed by atoms with E-state index in [-0.39, 0.29) is 24.4 Å². The van der Waals surface area contributed by atoms with E-state index in [0.29, 0.717) is 18.1 Å². The second kappa shape index (κ2) is 8.51. The Labute approximate surface area is 128 Å². The lowest BCUT2D eigenvalue weighted by Crippen LogP contribution is -2.35. The molecule has 0 spiro atoms. The quantitative estimate of drug-likeness (QED) is 0.689. The number of β-amino-alcohol motifs (C(OH)–C–C–N with tert-alkyl or cyclic N) is 1. The third-order valence-corrected chi connectivity index (χ3v) is 4.01. The van der Waals surface area contributed by atoms with Crippen molar-refractivity contribution < 1.29 is 9.90 Å². The number of rotatable bonds is 6. The number of aliphatic hydroxyl groups excluding tert-OH is 1. The fourth-order valence-electron chi connectivity index (χ4n) is 2.04. The number of halogens is 1. The molecule has 1 aliphatic heterocycles. The molecule has 1 saturated heterocycles. The van der Waals surface area contributed by atoms with Gasteiger partial charge in [0.2, 0.25) is 11.0 Å². The molecule has 0 bridgehead atoms. The van der Waals surface area contributed by atoms with Crippen LogP contribution in [0.1, 0.15) is 37.6 Å². The van der Waals surface area contributed by atoms with Gasteiger partial charge in [0.15, 0.2) is 0 Å². The molecular formula is C12H21ClN4O2S. The van der Waals surface area contributed by atoms with Crippen molar-refractivity contribution >= 4 is 34.8 Å². The summed E-state index contributed by atoms with van der Waals surface area (Å²) in [5.74, 6) is -0.146. The number of carbonyl (C=O) groups excluding carboxylic acids is 1. The second-order valence-electron chi connectivity index (χ2n) is 4.80. The van der Waals surface area contributed by atoms with Crippen LogP contribution in [0.2, 0.25) is 0 Å². The van der Waals surface area contributed by atoms with Gasteiger partial charge in [0.25, 0.3) is 0 Å². The number of carbonyl (C=O) groups is 1. The van der Waals surface area contributed by atoms with E-state index in [0.717, 1.165) is 17.8 Å². The van der Waals surface area contributed by atoms with E-state index in [1.165, 1.54) is 24.2 Å². The topological polar surface area (TPSA) is 87.1 Å². The monoisotopic (exact) mass is 320 g/mol. The van der Waals surface area contributed by atoms with Crippen molar-refractivity contribution in [2.24, 2.45) is 0 Å². The Balaban J connectivity index is 0.00000200. The number of amides is 1. The van der Waals surface area contributed by atoms with Crippen molar-refractivity contribution in [1.82, 2.24) is 15.5 Å². The maximum atomic E-state index is 11.9. The number of aromatic nitrogens is 2. The van der Waals surface area contributed by atoms with Crippen molar-refractivity contribution in [2.75, 3.05) is 11.9 Å². The van der Waals surface area contributed by atoms with Gasteiger partial charge in [-0.3, -0.25) is 10.1 Å². The number of nitrogens with one attached hydrogen (secondary N) is 2. The fourth-order valence-corrected chi connectivity index (χ4v) is 2.83. The third kappa shape index (κ3) is 4.97. The maximum Gasteiger partial charge on any atom is 0.243 e. The molecular weight excluding hydrogens is 300 g/mol. The molecule has 1 aromatic rings. The van der Waals surface area contributed by atoms with Crippen LogP contribution >= 0.6 is 23.7 Å². The highest BCUT2D eigenvalue weighted by atomic mass is 35.5. The molecule has 2 heterocycles. The summed E-state index contributed by atoms with van der Waals surface area (Å²) in [5, 5.41) is 24.6. The predicted octanol–water partition coefficient (Wildman–Crippen LogP) is 1.35. The molecule has 1 amide bonds. The molecule has 1 aliphatic rings. The lowest BCUT2D eigenvalue weighted by Gasteiger charge is -2.07. The largest absolute Gasteiger partial charge is 0.392 e. The molecule has 0 aromatic carbocycles. The number of aryl methyl sites for hydroxylation is 1. The second-order valence-corrected chi connectivity index (χ2v) is 5.86. The van der Waals surface area contributed by atoms with Crippen LogP contribution in [0.15, 0.2) is 0 Å². The van der Waals surface area contributed by atoms with Crippen molar-refractivity contribution in [1.29, 1.82) is 0 Å². The summed E-state index contributed by atoms with van der Waals surface area (Å²) < 4.78 is 0. The average Bonchev–Trinajstić information content (AvgIpc) is 2.99. The molecule has 6 nitrogen and oxygen atoms in total. The summed E-state index contributed by atoms with van der Waals surface area (Å²) in [5.41, 5.74) is 0. The molecule has 1 aromatic heterocycles. The summed E-state index contributed by atoms with van der Waals surface area (Å²) >= 11 is 1.43. The Morgan fingerprint density at radius 3 is 2.95 bits per heavy atom. The summed E-state index contributed by atoms with van der Waals surface area (Å²) in [6.45, 7) is 2.63. The van der Waals surface area contributed by atoms with Gasteiger partial charge in [-0.15, -0.1) is 22.6 Å². The minimum Gasteiger partial charge on any atom is -0.392 e. The Hall–Kier alpha value is -0.760. The van der Waals surface area contributed by atoms with E-state index >= 15 is 0 Å². The maximum absolute atomic E-state index is 11.9. The van der Waals surface area contributed by atoms with E-state index in [1.807, 2.05) is 0 Å². The number of nitrogens with zero attached hydrogens (tertiary/aromatic N) is 2. The smallest absolute Gasteiger partial charge is 0.243 e. The van der Waals surface area contributed by atoms with E-state index < -0.39 is 6.10 Å². The van der Waals surface area contributed by atoms with Gasteiger partial charge < -0.3 is 10.4 Å². The van der Waals surface area contributed by atoms with Gasteiger partial charge in [0, 0.05) is 13.0 Å². The van der Waals surface area contributed by atoms with Crippen LogP contribution < -0.4 is 10.6 Å². The van der Waals surface area contributed by atoms with E-state index in [9.17, 15) is 9.90 Å². The van der Waals surface area contributed by atoms with Gasteiger partial charge >= 0.3 is 0 Å². The highest BCUT2D eigenvalue weighted by Gasteiger charge is 2.28. The molecule has 2 rings (SSSR count). The molecule has 114 valence electrons. The molecule has 8 heteroatoms. The molecule has 3 N–H and O–H groups in total. The van der Waals surface area contributed by atoms with Crippen LogP contribution in [0.25, 0.3) is 0 Å². The molecule has 2 atom stereocenters. The zero-order chi connectivity index (χ0) is 13.7.